The first-order valence-corrected chi connectivity index (χ1v) is 6.44. The number of rotatable bonds is 3. The van der Waals surface area contributed by atoms with Crippen LogP contribution in [0.3, 0.4) is 0 Å². The molecule has 1 aromatic rings. The van der Waals surface area contributed by atoms with Gasteiger partial charge < -0.3 is 5.32 Å². The van der Waals surface area contributed by atoms with E-state index in [1.54, 1.807) is 13.0 Å². The molecule has 18 heavy (non-hydrogen) atoms. The third-order valence-electron chi connectivity index (χ3n) is 3.65. The Hall–Kier alpha value is -1.65. The zero-order chi connectivity index (χ0) is 13.1. The molecule has 0 bridgehead atoms. The highest BCUT2D eigenvalue weighted by Gasteiger charge is 2.19. The number of anilines is 1. The Labute approximate surface area is 107 Å². The van der Waals surface area contributed by atoms with Crippen LogP contribution in [0.15, 0.2) is 12.3 Å². The third-order valence-corrected chi connectivity index (χ3v) is 3.65. The minimum atomic E-state index is -0.394. The van der Waals surface area contributed by atoms with Crippen LogP contribution in [0, 0.1) is 23.0 Å². The summed E-state index contributed by atoms with van der Waals surface area (Å²) >= 11 is 0. The summed E-state index contributed by atoms with van der Waals surface area (Å²) in [6.45, 7) is 4.03. The van der Waals surface area contributed by atoms with Gasteiger partial charge in [0.05, 0.1) is 4.92 Å². The lowest BCUT2D eigenvalue weighted by atomic mass is 9.87. The molecule has 1 heterocycles. The Kier molecular flexibility index (Phi) is 3.79. The van der Waals surface area contributed by atoms with E-state index < -0.39 is 4.92 Å². The highest BCUT2D eigenvalue weighted by atomic mass is 16.6. The van der Waals surface area contributed by atoms with Gasteiger partial charge in [0, 0.05) is 11.6 Å². The molecule has 0 radical (unpaired) electrons. The van der Waals surface area contributed by atoms with E-state index in [1.807, 2.05) is 0 Å². The minimum Gasteiger partial charge on any atom is -0.367 e. The zero-order valence-corrected chi connectivity index (χ0v) is 10.8. The van der Waals surface area contributed by atoms with E-state index in [4.69, 9.17) is 0 Å². The van der Waals surface area contributed by atoms with E-state index >= 15 is 0 Å². The summed E-state index contributed by atoms with van der Waals surface area (Å²) in [6.07, 6.45) is 6.12. The average molecular weight is 249 g/mol. The number of nitrogens with one attached hydrogen (secondary N) is 1. The first kappa shape index (κ1) is 12.8. The Balaban J connectivity index is 2.02. The molecule has 1 saturated carbocycles. The predicted octanol–water partition coefficient (Wildman–Crippen LogP) is 3.29. The smallest absolute Gasteiger partial charge is 0.290 e. The molecule has 5 nitrogen and oxygen atoms in total. The van der Waals surface area contributed by atoms with Crippen LogP contribution < -0.4 is 5.32 Å². The lowest BCUT2D eigenvalue weighted by molar-refractivity contribution is -0.385. The Morgan fingerprint density at radius 1 is 1.39 bits per heavy atom. The minimum absolute atomic E-state index is 0.0813. The first-order valence-electron chi connectivity index (χ1n) is 6.44. The van der Waals surface area contributed by atoms with Gasteiger partial charge in [0.2, 0.25) is 0 Å². The zero-order valence-electron chi connectivity index (χ0n) is 10.8. The molecule has 1 N–H and O–H groups in total. The molecule has 0 spiro atoms. The Morgan fingerprint density at radius 2 is 2.06 bits per heavy atom. The standard InChI is InChI=1S/C13H19N3O2/c1-9-3-5-11(6-4-9)15-13-7-10(2)12(8-14-13)16(17)18/h7-9,11H,3-6H2,1-2H3,(H,14,15). The summed E-state index contributed by atoms with van der Waals surface area (Å²) in [6, 6.07) is 2.21. The summed E-state index contributed by atoms with van der Waals surface area (Å²) in [5.74, 6) is 1.56. The fraction of sp³-hybridized carbons (Fsp3) is 0.615. The van der Waals surface area contributed by atoms with E-state index in [2.05, 4.69) is 17.2 Å². The van der Waals surface area contributed by atoms with Crippen molar-refractivity contribution < 1.29 is 4.92 Å². The van der Waals surface area contributed by atoms with Gasteiger partial charge in [-0.15, -0.1) is 0 Å². The molecule has 1 aliphatic rings. The Morgan fingerprint density at radius 3 is 2.61 bits per heavy atom. The van der Waals surface area contributed by atoms with Crippen molar-refractivity contribution in [2.45, 2.75) is 45.6 Å². The Bertz CT molecular complexity index is 440. The van der Waals surface area contributed by atoms with E-state index in [0.717, 1.165) is 24.6 Å². The van der Waals surface area contributed by atoms with Crippen molar-refractivity contribution in [3.63, 3.8) is 0 Å². The molecule has 1 fully saturated rings. The normalized spacial score (nSPS) is 23.7. The maximum atomic E-state index is 10.7. The van der Waals surface area contributed by atoms with Crippen molar-refractivity contribution >= 4 is 11.5 Å². The van der Waals surface area contributed by atoms with Crippen LogP contribution >= 0.6 is 0 Å². The second-order valence-electron chi connectivity index (χ2n) is 5.21. The van der Waals surface area contributed by atoms with Gasteiger partial charge in [-0.1, -0.05) is 6.92 Å². The maximum absolute atomic E-state index is 10.7. The predicted molar refractivity (Wildman–Crippen MR) is 70.7 cm³/mol. The van der Waals surface area contributed by atoms with Crippen molar-refractivity contribution in [2.24, 2.45) is 5.92 Å². The van der Waals surface area contributed by atoms with E-state index in [0.29, 0.717) is 11.6 Å². The van der Waals surface area contributed by atoms with Crippen LogP contribution in [0.25, 0.3) is 0 Å². The van der Waals surface area contributed by atoms with E-state index in [9.17, 15) is 10.1 Å². The van der Waals surface area contributed by atoms with Crippen LogP contribution in [-0.2, 0) is 0 Å². The lowest BCUT2D eigenvalue weighted by Gasteiger charge is -2.27. The van der Waals surface area contributed by atoms with Gasteiger partial charge in [-0.3, -0.25) is 10.1 Å². The monoisotopic (exact) mass is 249 g/mol. The summed E-state index contributed by atoms with van der Waals surface area (Å²) in [4.78, 5) is 14.4. The van der Waals surface area contributed by atoms with Crippen LogP contribution in [0.4, 0.5) is 11.5 Å². The van der Waals surface area contributed by atoms with Crippen molar-refractivity contribution in [1.29, 1.82) is 0 Å². The first-order chi connectivity index (χ1) is 8.56. The van der Waals surface area contributed by atoms with Gasteiger partial charge in [-0.05, 0) is 44.6 Å². The van der Waals surface area contributed by atoms with Crippen molar-refractivity contribution in [2.75, 3.05) is 5.32 Å². The topological polar surface area (TPSA) is 68.1 Å². The summed E-state index contributed by atoms with van der Waals surface area (Å²) < 4.78 is 0. The van der Waals surface area contributed by atoms with Gasteiger partial charge in [0.15, 0.2) is 0 Å². The SMILES string of the molecule is Cc1cc(NC2CCC(C)CC2)ncc1[N+](=O)[O-]. The highest BCUT2D eigenvalue weighted by molar-refractivity contribution is 5.47. The molecule has 0 atom stereocenters. The third kappa shape index (κ3) is 2.97. The molecular weight excluding hydrogens is 230 g/mol. The van der Waals surface area contributed by atoms with Crippen molar-refractivity contribution in [1.82, 2.24) is 4.98 Å². The molecular formula is C13H19N3O2. The van der Waals surface area contributed by atoms with Crippen LogP contribution in [0.1, 0.15) is 38.2 Å². The number of aryl methyl sites for hydroxylation is 1. The van der Waals surface area contributed by atoms with Gasteiger partial charge in [-0.25, -0.2) is 4.98 Å². The second kappa shape index (κ2) is 5.33. The fourth-order valence-corrected chi connectivity index (χ4v) is 2.43. The molecule has 2 rings (SSSR count). The highest BCUT2D eigenvalue weighted by Crippen LogP contribution is 2.26. The van der Waals surface area contributed by atoms with E-state index in [-0.39, 0.29) is 5.69 Å². The molecule has 98 valence electrons. The molecule has 0 aliphatic heterocycles. The van der Waals surface area contributed by atoms with Crippen LogP contribution in [0.5, 0.6) is 0 Å². The second-order valence-corrected chi connectivity index (χ2v) is 5.21. The largest absolute Gasteiger partial charge is 0.367 e. The number of hydrogen-bond acceptors (Lipinski definition) is 4. The number of hydrogen-bond donors (Lipinski definition) is 1. The fourth-order valence-electron chi connectivity index (χ4n) is 2.43. The molecule has 0 aromatic carbocycles. The molecule has 1 aliphatic carbocycles. The summed E-state index contributed by atoms with van der Waals surface area (Å²) in [5, 5.41) is 14.1. The molecule has 1 aromatic heterocycles. The quantitative estimate of drug-likeness (QED) is 0.659. The van der Waals surface area contributed by atoms with Gasteiger partial charge in [-0.2, -0.15) is 0 Å². The average Bonchev–Trinajstić information content (AvgIpc) is 2.32. The molecule has 0 unspecified atom stereocenters. The lowest BCUT2D eigenvalue weighted by Crippen LogP contribution is -2.25. The molecule has 5 heteroatoms. The number of nitro groups is 1. The number of pyridine rings is 1. The van der Waals surface area contributed by atoms with Gasteiger partial charge >= 0.3 is 0 Å². The van der Waals surface area contributed by atoms with Crippen molar-refractivity contribution in [3.8, 4) is 0 Å². The van der Waals surface area contributed by atoms with Gasteiger partial charge in [0.1, 0.15) is 12.0 Å². The number of nitrogens with zero attached hydrogens (tertiary/aromatic N) is 2. The van der Waals surface area contributed by atoms with E-state index in [1.165, 1.54) is 19.0 Å². The molecule has 0 saturated heterocycles. The van der Waals surface area contributed by atoms with Crippen LogP contribution in [0.2, 0.25) is 0 Å². The molecule has 0 amide bonds. The summed E-state index contributed by atoms with van der Waals surface area (Å²) in [7, 11) is 0. The maximum Gasteiger partial charge on any atom is 0.290 e. The summed E-state index contributed by atoms with van der Waals surface area (Å²) in [5.41, 5.74) is 0.736. The van der Waals surface area contributed by atoms with Gasteiger partial charge in [0.25, 0.3) is 5.69 Å². The van der Waals surface area contributed by atoms with Crippen molar-refractivity contribution in [3.05, 3.63) is 27.9 Å². The van der Waals surface area contributed by atoms with Crippen LogP contribution in [-0.4, -0.2) is 15.9 Å². The number of aromatic nitrogens is 1.